The van der Waals surface area contributed by atoms with Crippen molar-refractivity contribution >= 4 is 11.6 Å². The molecular formula is C21H18O3. The van der Waals surface area contributed by atoms with Crippen LogP contribution in [0.25, 0.3) is 0 Å². The van der Waals surface area contributed by atoms with Crippen molar-refractivity contribution in [3.05, 3.63) is 83.6 Å². The molecule has 1 saturated carbocycles. The number of hydrogen-bond acceptors (Lipinski definition) is 3. The van der Waals surface area contributed by atoms with Crippen molar-refractivity contribution in [2.75, 3.05) is 7.11 Å². The summed E-state index contributed by atoms with van der Waals surface area (Å²) in [7, 11) is 1.44. The molecule has 120 valence electrons. The highest BCUT2D eigenvalue weighted by molar-refractivity contribution is 6.18. The van der Waals surface area contributed by atoms with E-state index in [9.17, 15) is 9.59 Å². The van der Waals surface area contributed by atoms with Crippen LogP contribution in [0.15, 0.2) is 72.5 Å². The summed E-state index contributed by atoms with van der Waals surface area (Å²) in [6, 6.07) is 19.7. The van der Waals surface area contributed by atoms with Gasteiger partial charge >= 0.3 is 0 Å². The van der Waals surface area contributed by atoms with Crippen molar-refractivity contribution in [1.82, 2.24) is 0 Å². The molecule has 0 aromatic heterocycles. The van der Waals surface area contributed by atoms with Gasteiger partial charge in [-0.25, -0.2) is 0 Å². The van der Waals surface area contributed by atoms with Gasteiger partial charge in [-0.3, -0.25) is 9.59 Å². The molecule has 24 heavy (non-hydrogen) atoms. The van der Waals surface area contributed by atoms with Gasteiger partial charge in [0.15, 0.2) is 11.5 Å². The van der Waals surface area contributed by atoms with Crippen molar-refractivity contribution in [2.45, 2.75) is 12.3 Å². The molecule has 2 unspecified atom stereocenters. The summed E-state index contributed by atoms with van der Waals surface area (Å²) < 4.78 is 5.19. The van der Waals surface area contributed by atoms with E-state index in [4.69, 9.17) is 4.74 Å². The zero-order valence-electron chi connectivity index (χ0n) is 13.7. The van der Waals surface area contributed by atoms with Gasteiger partial charge < -0.3 is 4.74 Å². The lowest BCUT2D eigenvalue weighted by molar-refractivity contribution is -0.128. The number of allylic oxidation sites excluding steroid dienone is 2. The number of rotatable bonds is 3. The van der Waals surface area contributed by atoms with E-state index < -0.39 is 10.8 Å². The molecule has 2 aliphatic rings. The van der Waals surface area contributed by atoms with E-state index in [1.54, 1.807) is 0 Å². The lowest BCUT2D eigenvalue weighted by atomic mass is 9.79. The highest BCUT2D eigenvalue weighted by Crippen LogP contribution is 2.75. The Morgan fingerprint density at radius 1 is 0.875 bits per heavy atom. The molecule has 2 atom stereocenters. The van der Waals surface area contributed by atoms with Crippen molar-refractivity contribution in [3.8, 4) is 0 Å². The fourth-order valence-corrected chi connectivity index (χ4v) is 4.61. The van der Waals surface area contributed by atoms with Gasteiger partial charge in [-0.2, -0.15) is 0 Å². The van der Waals surface area contributed by atoms with Crippen molar-refractivity contribution in [3.63, 3.8) is 0 Å². The monoisotopic (exact) mass is 318 g/mol. The number of methoxy groups -OCH3 is 1. The van der Waals surface area contributed by atoms with E-state index in [1.165, 1.54) is 13.2 Å². The molecule has 0 N–H and O–H groups in total. The third-order valence-electron chi connectivity index (χ3n) is 5.68. The summed E-state index contributed by atoms with van der Waals surface area (Å²) >= 11 is 0. The molecule has 2 aromatic rings. The van der Waals surface area contributed by atoms with Gasteiger partial charge in [0.25, 0.3) is 0 Å². The van der Waals surface area contributed by atoms with Gasteiger partial charge in [0.1, 0.15) is 0 Å². The first-order chi connectivity index (χ1) is 11.6. The highest BCUT2D eigenvalue weighted by Gasteiger charge is 2.82. The van der Waals surface area contributed by atoms with Gasteiger partial charge in [-0.1, -0.05) is 67.6 Å². The van der Waals surface area contributed by atoms with Gasteiger partial charge in [-0.15, -0.1) is 0 Å². The van der Waals surface area contributed by atoms with Crippen LogP contribution in [0.4, 0.5) is 0 Å². The normalized spacial score (nSPS) is 27.2. The summed E-state index contributed by atoms with van der Waals surface area (Å²) in [6.07, 6.45) is 1.36. The van der Waals surface area contributed by atoms with Crippen LogP contribution in [0, 0.1) is 11.3 Å². The second-order valence-electron chi connectivity index (χ2n) is 6.62. The molecule has 0 heterocycles. The maximum absolute atomic E-state index is 13.1. The number of Topliss-reactive ketones (excluding diaryl/α,β-unsaturated/α-hetero) is 1. The molecule has 0 amide bonds. The second kappa shape index (κ2) is 4.91. The quantitative estimate of drug-likeness (QED) is 0.872. The number of benzene rings is 2. The highest BCUT2D eigenvalue weighted by atomic mass is 16.5. The summed E-state index contributed by atoms with van der Waals surface area (Å²) in [5, 5.41) is 0. The molecule has 0 aliphatic heterocycles. The lowest BCUT2D eigenvalue weighted by Gasteiger charge is -2.23. The van der Waals surface area contributed by atoms with Crippen LogP contribution in [-0.2, 0) is 19.7 Å². The Labute approximate surface area is 141 Å². The maximum atomic E-state index is 13.1. The van der Waals surface area contributed by atoms with E-state index in [-0.39, 0.29) is 23.2 Å². The Morgan fingerprint density at radius 3 is 1.83 bits per heavy atom. The molecule has 0 spiro atoms. The summed E-state index contributed by atoms with van der Waals surface area (Å²) in [4.78, 5) is 25.9. The van der Waals surface area contributed by atoms with E-state index in [0.717, 1.165) is 11.1 Å². The molecule has 4 rings (SSSR count). The molecule has 2 aliphatic carbocycles. The minimum atomic E-state index is -0.813. The smallest absolute Gasteiger partial charge is 0.205 e. The standard InChI is InChI=1S/C21H18O3/c1-20-18(16(22)13-17(24-2)19(20)23)21(20,14-9-5-3-6-10-14)15-11-7-4-8-12-15/h3-13,18H,1-2H3. The molecule has 2 aromatic carbocycles. The first-order valence-electron chi connectivity index (χ1n) is 8.04. The maximum Gasteiger partial charge on any atom is 0.205 e. The Bertz CT molecular complexity index is 812. The SMILES string of the molecule is COC1=CC(=O)C2C(C)(C1=O)C2(c1ccccc1)c1ccccc1. The fourth-order valence-electron chi connectivity index (χ4n) is 4.61. The van der Waals surface area contributed by atoms with Crippen LogP contribution in [0.1, 0.15) is 18.1 Å². The fraction of sp³-hybridized carbons (Fsp3) is 0.238. The number of fused-ring (bicyclic) bond motifs is 1. The minimum absolute atomic E-state index is 0.0401. The Hall–Kier alpha value is -2.68. The van der Waals surface area contributed by atoms with Gasteiger partial charge in [0, 0.05) is 11.5 Å². The van der Waals surface area contributed by atoms with E-state index in [1.807, 2.05) is 67.6 Å². The van der Waals surface area contributed by atoms with Gasteiger partial charge in [0.05, 0.1) is 18.4 Å². The molecule has 3 nitrogen and oxygen atoms in total. The Morgan fingerprint density at radius 2 is 1.38 bits per heavy atom. The van der Waals surface area contributed by atoms with Crippen LogP contribution in [0.2, 0.25) is 0 Å². The molecule has 3 heteroatoms. The second-order valence-corrected chi connectivity index (χ2v) is 6.62. The zero-order valence-corrected chi connectivity index (χ0v) is 13.7. The number of carbonyl (C=O) groups excluding carboxylic acids is 2. The predicted octanol–water partition coefficient (Wildman–Crippen LogP) is 3.29. The first kappa shape index (κ1) is 14.9. The Balaban J connectivity index is 1.99. The first-order valence-corrected chi connectivity index (χ1v) is 8.04. The van der Waals surface area contributed by atoms with Crippen LogP contribution in [-0.4, -0.2) is 18.7 Å². The third-order valence-corrected chi connectivity index (χ3v) is 5.68. The van der Waals surface area contributed by atoms with E-state index >= 15 is 0 Å². The molecule has 0 radical (unpaired) electrons. The number of ketones is 2. The average Bonchev–Trinajstić information content (AvgIpc) is 3.23. The molecule has 0 saturated heterocycles. The average molecular weight is 318 g/mol. The number of carbonyl (C=O) groups is 2. The van der Waals surface area contributed by atoms with Crippen LogP contribution >= 0.6 is 0 Å². The summed E-state index contributed by atoms with van der Waals surface area (Å²) in [5.41, 5.74) is 0.542. The van der Waals surface area contributed by atoms with Gasteiger partial charge in [0.2, 0.25) is 5.78 Å². The van der Waals surface area contributed by atoms with Crippen molar-refractivity contribution in [2.24, 2.45) is 11.3 Å². The largest absolute Gasteiger partial charge is 0.493 e. The summed E-state index contributed by atoms with van der Waals surface area (Å²) in [5.74, 6) is -0.363. The van der Waals surface area contributed by atoms with E-state index in [0.29, 0.717) is 0 Å². The van der Waals surface area contributed by atoms with Crippen LogP contribution in [0.3, 0.4) is 0 Å². The number of hydrogen-bond donors (Lipinski definition) is 0. The van der Waals surface area contributed by atoms with E-state index in [2.05, 4.69) is 0 Å². The molecule has 0 bridgehead atoms. The van der Waals surface area contributed by atoms with Crippen LogP contribution in [0.5, 0.6) is 0 Å². The lowest BCUT2D eigenvalue weighted by Crippen LogP contribution is -2.28. The third kappa shape index (κ3) is 1.57. The summed E-state index contributed by atoms with van der Waals surface area (Å²) in [6.45, 7) is 1.89. The predicted molar refractivity (Wildman–Crippen MR) is 90.4 cm³/mol. The van der Waals surface area contributed by atoms with Crippen molar-refractivity contribution < 1.29 is 14.3 Å². The zero-order chi connectivity index (χ0) is 16.9. The topological polar surface area (TPSA) is 43.4 Å². The molecular weight excluding hydrogens is 300 g/mol. The number of ether oxygens (including phenoxy) is 1. The minimum Gasteiger partial charge on any atom is -0.493 e. The van der Waals surface area contributed by atoms with Gasteiger partial charge in [-0.05, 0) is 11.1 Å². The van der Waals surface area contributed by atoms with Crippen LogP contribution < -0.4 is 0 Å². The van der Waals surface area contributed by atoms with Crippen molar-refractivity contribution in [1.29, 1.82) is 0 Å². The Kier molecular flexibility index (Phi) is 3.04. The molecule has 1 fully saturated rings.